The monoisotopic (exact) mass is 302 g/mol. The van der Waals surface area contributed by atoms with E-state index in [1.807, 2.05) is 0 Å². The van der Waals surface area contributed by atoms with Gasteiger partial charge in [0.25, 0.3) is 0 Å². The minimum absolute atomic E-state index is 0.165. The third kappa shape index (κ3) is 4.33. The first-order valence-corrected chi connectivity index (χ1v) is 8.69. The molecule has 3 heteroatoms. The smallest absolute Gasteiger partial charge is 0.223 e. The Bertz CT molecular complexity index is 460. The molecule has 0 unspecified atom stereocenters. The molecule has 1 amide bonds. The molecule has 0 heterocycles. The van der Waals surface area contributed by atoms with Crippen LogP contribution in [0.1, 0.15) is 63.9 Å². The molecule has 0 spiro atoms. The number of carbonyl (C=O) groups is 1. The summed E-state index contributed by atoms with van der Waals surface area (Å²) in [5.41, 5.74) is 7.42. The fourth-order valence-electron chi connectivity index (χ4n) is 3.32. The molecule has 1 saturated carbocycles. The average molecular weight is 302 g/mol. The maximum atomic E-state index is 12.4. The van der Waals surface area contributed by atoms with E-state index in [9.17, 15) is 4.79 Å². The molecule has 0 aromatic heterocycles. The van der Waals surface area contributed by atoms with Crippen molar-refractivity contribution in [2.24, 2.45) is 11.7 Å². The fourth-order valence-corrected chi connectivity index (χ4v) is 3.32. The molecular weight excluding hydrogens is 272 g/mol. The number of nitrogens with one attached hydrogen (secondary N) is 1. The van der Waals surface area contributed by atoms with Gasteiger partial charge in [-0.3, -0.25) is 4.79 Å². The van der Waals surface area contributed by atoms with Gasteiger partial charge in [-0.15, -0.1) is 0 Å². The van der Waals surface area contributed by atoms with Gasteiger partial charge in [0.15, 0.2) is 0 Å². The van der Waals surface area contributed by atoms with E-state index < -0.39 is 0 Å². The van der Waals surface area contributed by atoms with Crippen LogP contribution in [0.15, 0.2) is 30.3 Å². The molecule has 1 aromatic rings. The molecule has 2 rings (SSSR count). The van der Waals surface area contributed by atoms with Crippen LogP contribution in [0, 0.1) is 5.92 Å². The van der Waals surface area contributed by atoms with Gasteiger partial charge in [0, 0.05) is 18.0 Å². The zero-order chi connectivity index (χ0) is 16.0. The van der Waals surface area contributed by atoms with Gasteiger partial charge in [-0.05, 0) is 50.0 Å². The summed E-state index contributed by atoms with van der Waals surface area (Å²) in [6.07, 6.45) is 5.98. The largest absolute Gasteiger partial charge is 0.354 e. The van der Waals surface area contributed by atoms with Crippen molar-refractivity contribution in [3.63, 3.8) is 0 Å². The van der Waals surface area contributed by atoms with Crippen molar-refractivity contribution < 1.29 is 4.79 Å². The Labute approximate surface area is 134 Å². The normalized spacial score (nSPS) is 22.3. The molecular formula is C19H30N2O. The van der Waals surface area contributed by atoms with E-state index >= 15 is 0 Å². The lowest BCUT2D eigenvalue weighted by atomic mass is 9.78. The molecule has 22 heavy (non-hydrogen) atoms. The van der Waals surface area contributed by atoms with Crippen LogP contribution in [0.4, 0.5) is 0 Å². The Morgan fingerprint density at radius 2 is 1.73 bits per heavy atom. The summed E-state index contributed by atoms with van der Waals surface area (Å²) < 4.78 is 0. The molecule has 3 nitrogen and oxygen atoms in total. The summed E-state index contributed by atoms with van der Waals surface area (Å²) in [4.78, 5) is 12.4. The van der Waals surface area contributed by atoms with Gasteiger partial charge >= 0.3 is 0 Å². The lowest BCUT2D eigenvalue weighted by molar-refractivity contribution is -0.126. The predicted molar refractivity (Wildman–Crippen MR) is 91.7 cm³/mol. The molecule has 3 N–H and O–H groups in total. The second-order valence-electron chi connectivity index (χ2n) is 6.75. The van der Waals surface area contributed by atoms with Gasteiger partial charge in [0.05, 0.1) is 0 Å². The highest BCUT2D eigenvalue weighted by molar-refractivity contribution is 5.78. The first-order chi connectivity index (χ1) is 10.6. The molecule has 0 saturated heterocycles. The Morgan fingerprint density at radius 1 is 1.14 bits per heavy atom. The average Bonchev–Trinajstić information content (AvgIpc) is 2.60. The van der Waals surface area contributed by atoms with Crippen LogP contribution in [0.2, 0.25) is 0 Å². The molecule has 0 radical (unpaired) electrons. The van der Waals surface area contributed by atoms with Gasteiger partial charge in [-0.25, -0.2) is 0 Å². The van der Waals surface area contributed by atoms with E-state index in [1.165, 1.54) is 5.56 Å². The topological polar surface area (TPSA) is 55.1 Å². The summed E-state index contributed by atoms with van der Waals surface area (Å²) in [5, 5.41) is 3.09. The highest BCUT2D eigenvalue weighted by atomic mass is 16.1. The quantitative estimate of drug-likeness (QED) is 0.843. The van der Waals surface area contributed by atoms with Gasteiger partial charge in [0.1, 0.15) is 0 Å². The molecule has 0 bridgehead atoms. The van der Waals surface area contributed by atoms with E-state index in [4.69, 9.17) is 5.73 Å². The van der Waals surface area contributed by atoms with Crippen molar-refractivity contribution in [3.8, 4) is 0 Å². The first-order valence-electron chi connectivity index (χ1n) is 8.69. The van der Waals surface area contributed by atoms with Crippen LogP contribution in [0.5, 0.6) is 0 Å². The SMILES string of the molecule is CCC(N)(CC)CNC(=O)C1CCC(c2ccccc2)CC1. The molecule has 1 aliphatic rings. The summed E-state index contributed by atoms with van der Waals surface area (Å²) in [5.74, 6) is 0.978. The Hall–Kier alpha value is -1.35. The van der Waals surface area contributed by atoms with Crippen LogP contribution < -0.4 is 11.1 Å². The number of carbonyl (C=O) groups excluding carboxylic acids is 1. The van der Waals surface area contributed by atoms with Crippen molar-refractivity contribution in [2.75, 3.05) is 6.54 Å². The fraction of sp³-hybridized carbons (Fsp3) is 0.632. The van der Waals surface area contributed by atoms with Crippen molar-refractivity contribution in [2.45, 2.75) is 63.8 Å². The van der Waals surface area contributed by atoms with E-state index in [2.05, 4.69) is 49.5 Å². The number of hydrogen-bond donors (Lipinski definition) is 2. The van der Waals surface area contributed by atoms with Gasteiger partial charge in [-0.2, -0.15) is 0 Å². The third-order valence-corrected chi connectivity index (χ3v) is 5.39. The number of amides is 1. The van der Waals surface area contributed by atoms with Crippen LogP contribution in [0.3, 0.4) is 0 Å². The van der Waals surface area contributed by atoms with Crippen LogP contribution in [-0.4, -0.2) is 18.0 Å². The lowest BCUT2D eigenvalue weighted by Gasteiger charge is -2.31. The van der Waals surface area contributed by atoms with Crippen molar-refractivity contribution >= 4 is 5.91 Å². The van der Waals surface area contributed by atoms with Gasteiger partial charge < -0.3 is 11.1 Å². The number of nitrogens with two attached hydrogens (primary N) is 1. The molecule has 0 aliphatic heterocycles. The molecule has 122 valence electrons. The maximum absolute atomic E-state index is 12.4. The second-order valence-corrected chi connectivity index (χ2v) is 6.75. The lowest BCUT2D eigenvalue weighted by Crippen LogP contribution is -2.50. The minimum Gasteiger partial charge on any atom is -0.354 e. The van der Waals surface area contributed by atoms with E-state index in [0.29, 0.717) is 12.5 Å². The molecule has 0 atom stereocenters. The molecule has 1 aliphatic carbocycles. The Kier molecular flexibility index (Phi) is 6.01. The van der Waals surface area contributed by atoms with Gasteiger partial charge in [-0.1, -0.05) is 44.2 Å². The van der Waals surface area contributed by atoms with Crippen LogP contribution >= 0.6 is 0 Å². The van der Waals surface area contributed by atoms with E-state index in [1.54, 1.807) is 0 Å². The third-order valence-electron chi connectivity index (χ3n) is 5.39. The van der Waals surface area contributed by atoms with Crippen molar-refractivity contribution in [3.05, 3.63) is 35.9 Å². The van der Waals surface area contributed by atoms with Gasteiger partial charge in [0.2, 0.25) is 5.91 Å². The van der Waals surface area contributed by atoms with E-state index in [-0.39, 0.29) is 17.4 Å². The van der Waals surface area contributed by atoms with Crippen LogP contribution in [0.25, 0.3) is 0 Å². The Morgan fingerprint density at radius 3 is 2.27 bits per heavy atom. The van der Waals surface area contributed by atoms with E-state index in [0.717, 1.165) is 38.5 Å². The number of rotatable bonds is 6. The highest BCUT2D eigenvalue weighted by Crippen LogP contribution is 2.35. The zero-order valence-corrected chi connectivity index (χ0v) is 14.0. The molecule has 1 fully saturated rings. The first kappa shape index (κ1) is 17.0. The number of hydrogen-bond acceptors (Lipinski definition) is 2. The summed E-state index contributed by atoms with van der Waals surface area (Å²) >= 11 is 0. The standard InChI is InChI=1S/C19H30N2O/c1-3-19(20,4-2)14-21-18(22)17-12-10-16(11-13-17)15-8-6-5-7-9-15/h5-9,16-17H,3-4,10-14,20H2,1-2H3,(H,21,22). The summed E-state index contributed by atoms with van der Waals surface area (Å²) in [7, 11) is 0. The molecule has 1 aromatic carbocycles. The van der Waals surface area contributed by atoms with Crippen molar-refractivity contribution in [1.82, 2.24) is 5.32 Å². The minimum atomic E-state index is -0.253. The summed E-state index contributed by atoms with van der Waals surface area (Å²) in [6, 6.07) is 10.7. The van der Waals surface area contributed by atoms with Crippen molar-refractivity contribution in [1.29, 1.82) is 0 Å². The van der Waals surface area contributed by atoms with Crippen LogP contribution in [-0.2, 0) is 4.79 Å². The Balaban J connectivity index is 1.80. The zero-order valence-electron chi connectivity index (χ0n) is 14.0. The second kappa shape index (κ2) is 7.77. The number of benzene rings is 1. The maximum Gasteiger partial charge on any atom is 0.223 e. The predicted octanol–water partition coefficient (Wildman–Crippen LogP) is 3.59. The highest BCUT2D eigenvalue weighted by Gasteiger charge is 2.28. The summed E-state index contributed by atoms with van der Waals surface area (Å²) in [6.45, 7) is 4.76.